The van der Waals surface area contributed by atoms with Gasteiger partial charge in [-0.25, -0.2) is 9.59 Å². The van der Waals surface area contributed by atoms with E-state index in [4.69, 9.17) is 5.11 Å². The highest BCUT2D eigenvalue weighted by atomic mass is 16.5. The lowest BCUT2D eigenvalue weighted by Crippen LogP contribution is -2.44. The molecule has 92 valence electrons. The monoisotopic (exact) mass is 239 g/mol. The number of methoxy groups -OCH3 is 1. The second-order valence-corrected chi connectivity index (χ2v) is 3.31. The van der Waals surface area contributed by atoms with Crippen LogP contribution in [0.15, 0.2) is 30.3 Å². The number of carbonyl (C=O) groups is 2. The molecule has 0 radical (unpaired) electrons. The summed E-state index contributed by atoms with van der Waals surface area (Å²) in [6.07, 6.45) is -2.25. The van der Waals surface area contributed by atoms with Gasteiger partial charge in [0, 0.05) is 0 Å². The summed E-state index contributed by atoms with van der Waals surface area (Å²) in [5.41, 5.74) is 0.399. The predicted molar refractivity (Wildman–Crippen MR) is 58.4 cm³/mol. The van der Waals surface area contributed by atoms with Crippen molar-refractivity contribution in [2.75, 3.05) is 7.11 Å². The molecule has 1 rings (SSSR count). The molecule has 2 unspecified atom stereocenters. The molecule has 1 aromatic carbocycles. The van der Waals surface area contributed by atoms with Crippen molar-refractivity contribution in [1.82, 2.24) is 5.32 Å². The number of hydrogen-bond donors (Lipinski definition) is 3. The number of amides is 1. The summed E-state index contributed by atoms with van der Waals surface area (Å²) in [4.78, 5) is 21.9. The Kier molecular flexibility index (Phi) is 4.47. The van der Waals surface area contributed by atoms with Crippen LogP contribution in [0, 0.1) is 0 Å². The molecule has 0 spiro atoms. The SMILES string of the molecule is COC(=O)NC(C(=O)O)C(O)c1ccccc1. The number of carboxylic acid groups (broad SMARTS) is 1. The van der Waals surface area contributed by atoms with Crippen LogP contribution in [-0.2, 0) is 9.53 Å². The molecule has 0 saturated heterocycles. The number of ether oxygens (including phenoxy) is 1. The van der Waals surface area contributed by atoms with Crippen molar-refractivity contribution in [2.24, 2.45) is 0 Å². The molecule has 0 saturated carbocycles. The van der Waals surface area contributed by atoms with Gasteiger partial charge in [-0.3, -0.25) is 0 Å². The maximum Gasteiger partial charge on any atom is 0.407 e. The Morgan fingerprint density at radius 2 is 1.88 bits per heavy atom. The van der Waals surface area contributed by atoms with Crippen molar-refractivity contribution in [1.29, 1.82) is 0 Å². The van der Waals surface area contributed by atoms with Crippen molar-refractivity contribution in [3.05, 3.63) is 35.9 Å². The van der Waals surface area contributed by atoms with Gasteiger partial charge in [-0.15, -0.1) is 0 Å². The molecule has 3 N–H and O–H groups in total. The quantitative estimate of drug-likeness (QED) is 0.712. The number of aliphatic hydroxyl groups excluding tert-OH is 1. The third-order valence-corrected chi connectivity index (χ3v) is 2.18. The first-order chi connectivity index (χ1) is 8.06. The molecule has 0 aliphatic heterocycles. The smallest absolute Gasteiger partial charge is 0.407 e. The highest BCUT2D eigenvalue weighted by Gasteiger charge is 2.29. The van der Waals surface area contributed by atoms with Crippen molar-refractivity contribution in [3.8, 4) is 0 Å². The minimum Gasteiger partial charge on any atom is -0.480 e. The van der Waals surface area contributed by atoms with Crippen LogP contribution >= 0.6 is 0 Å². The topological polar surface area (TPSA) is 95.9 Å². The van der Waals surface area contributed by atoms with E-state index in [0.29, 0.717) is 5.56 Å². The average molecular weight is 239 g/mol. The molecule has 6 nitrogen and oxygen atoms in total. The summed E-state index contributed by atoms with van der Waals surface area (Å²) in [7, 11) is 1.11. The second-order valence-electron chi connectivity index (χ2n) is 3.31. The van der Waals surface area contributed by atoms with Gasteiger partial charge in [-0.2, -0.15) is 0 Å². The van der Waals surface area contributed by atoms with Crippen LogP contribution in [0.5, 0.6) is 0 Å². The number of benzene rings is 1. The Balaban J connectivity index is 2.84. The molecular formula is C11H13NO5. The third kappa shape index (κ3) is 3.46. The van der Waals surface area contributed by atoms with Gasteiger partial charge in [-0.1, -0.05) is 30.3 Å². The van der Waals surface area contributed by atoms with Gasteiger partial charge in [0.1, 0.15) is 6.10 Å². The summed E-state index contributed by atoms with van der Waals surface area (Å²) < 4.78 is 4.29. The number of nitrogens with one attached hydrogen (secondary N) is 1. The van der Waals surface area contributed by atoms with E-state index in [1.54, 1.807) is 30.3 Å². The minimum atomic E-state index is -1.45. The van der Waals surface area contributed by atoms with Gasteiger partial charge < -0.3 is 20.3 Å². The molecule has 0 aliphatic rings. The maximum atomic E-state index is 11.0. The Hall–Kier alpha value is -2.08. The van der Waals surface area contributed by atoms with Crippen molar-refractivity contribution < 1.29 is 24.5 Å². The van der Waals surface area contributed by atoms with E-state index in [-0.39, 0.29) is 0 Å². The Morgan fingerprint density at radius 1 is 1.29 bits per heavy atom. The number of alkyl carbamates (subject to hydrolysis) is 1. The number of aliphatic hydroxyl groups is 1. The van der Waals surface area contributed by atoms with Crippen LogP contribution in [0.25, 0.3) is 0 Å². The van der Waals surface area contributed by atoms with E-state index in [1.165, 1.54) is 0 Å². The number of carbonyl (C=O) groups excluding carboxylic acids is 1. The van der Waals surface area contributed by atoms with Crippen molar-refractivity contribution in [3.63, 3.8) is 0 Å². The Labute approximate surface area is 97.8 Å². The normalized spacial score (nSPS) is 13.5. The third-order valence-electron chi connectivity index (χ3n) is 2.18. The molecule has 0 bridgehead atoms. The first-order valence-corrected chi connectivity index (χ1v) is 4.86. The molecule has 0 heterocycles. The fourth-order valence-electron chi connectivity index (χ4n) is 1.30. The largest absolute Gasteiger partial charge is 0.480 e. The van der Waals surface area contributed by atoms with Crippen molar-refractivity contribution in [2.45, 2.75) is 12.1 Å². The van der Waals surface area contributed by atoms with Gasteiger partial charge in [0.2, 0.25) is 0 Å². The number of aliphatic carboxylic acids is 1. The van der Waals surface area contributed by atoms with E-state index in [1.807, 2.05) is 0 Å². The van der Waals surface area contributed by atoms with Crippen LogP contribution in [0.2, 0.25) is 0 Å². The van der Waals surface area contributed by atoms with Crippen molar-refractivity contribution >= 4 is 12.1 Å². The van der Waals surface area contributed by atoms with E-state index in [9.17, 15) is 14.7 Å². The summed E-state index contributed by atoms with van der Waals surface area (Å²) in [5, 5.41) is 20.8. The molecule has 6 heteroatoms. The molecule has 2 atom stereocenters. The zero-order valence-corrected chi connectivity index (χ0v) is 9.16. The van der Waals surface area contributed by atoms with E-state index >= 15 is 0 Å². The summed E-state index contributed by atoms with van der Waals surface area (Å²) in [6.45, 7) is 0. The van der Waals surface area contributed by atoms with Crippen LogP contribution in [-0.4, -0.2) is 35.4 Å². The minimum absolute atomic E-state index is 0.399. The summed E-state index contributed by atoms with van der Waals surface area (Å²) >= 11 is 0. The summed E-state index contributed by atoms with van der Waals surface area (Å²) in [5.74, 6) is -1.34. The zero-order chi connectivity index (χ0) is 12.8. The van der Waals surface area contributed by atoms with Gasteiger partial charge >= 0.3 is 12.1 Å². The lowest BCUT2D eigenvalue weighted by molar-refractivity contribution is -0.142. The van der Waals surface area contributed by atoms with Gasteiger partial charge in [0.05, 0.1) is 7.11 Å². The molecule has 0 aromatic heterocycles. The molecule has 0 fully saturated rings. The molecule has 17 heavy (non-hydrogen) atoms. The zero-order valence-electron chi connectivity index (χ0n) is 9.16. The number of hydrogen-bond acceptors (Lipinski definition) is 4. The maximum absolute atomic E-state index is 11.0. The molecule has 0 aliphatic carbocycles. The van der Waals surface area contributed by atoms with Gasteiger partial charge in [0.15, 0.2) is 6.04 Å². The van der Waals surface area contributed by atoms with Crippen LogP contribution in [0.4, 0.5) is 4.79 Å². The number of carboxylic acids is 1. The molecular weight excluding hydrogens is 226 g/mol. The fourth-order valence-corrected chi connectivity index (χ4v) is 1.30. The fraction of sp³-hybridized carbons (Fsp3) is 0.273. The predicted octanol–water partition coefficient (Wildman–Crippen LogP) is 0.529. The van der Waals surface area contributed by atoms with Gasteiger partial charge in [-0.05, 0) is 5.56 Å². The molecule has 1 aromatic rings. The molecule has 1 amide bonds. The second kappa shape index (κ2) is 5.86. The Morgan fingerprint density at radius 3 is 2.35 bits per heavy atom. The van der Waals surface area contributed by atoms with E-state index in [2.05, 4.69) is 10.1 Å². The highest BCUT2D eigenvalue weighted by molar-refractivity contribution is 5.80. The summed E-state index contributed by atoms with van der Waals surface area (Å²) in [6, 6.07) is 6.74. The Bertz CT molecular complexity index is 392. The van der Waals surface area contributed by atoms with E-state index < -0.39 is 24.2 Å². The first-order valence-electron chi connectivity index (χ1n) is 4.86. The number of rotatable bonds is 4. The standard InChI is InChI=1S/C11H13NO5/c1-17-11(16)12-8(10(14)15)9(13)7-5-3-2-4-6-7/h2-6,8-9,13H,1H3,(H,12,16)(H,14,15). The van der Waals surface area contributed by atoms with Gasteiger partial charge in [0.25, 0.3) is 0 Å². The lowest BCUT2D eigenvalue weighted by Gasteiger charge is -2.19. The first kappa shape index (κ1) is 13.0. The highest BCUT2D eigenvalue weighted by Crippen LogP contribution is 2.16. The van der Waals surface area contributed by atoms with Crippen LogP contribution in [0.1, 0.15) is 11.7 Å². The van der Waals surface area contributed by atoms with Crippen LogP contribution < -0.4 is 5.32 Å². The van der Waals surface area contributed by atoms with E-state index in [0.717, 1.165) is 7.11 Å². The lowest BCUT2D eigenvalue weighted by atomic mass is 10.0. The average Bonchev–Trinajstić information content (AvgIpc) is 2.35. The van der Waals surface area contributed by atoms with Crippen LogP contribution in [0.3, 0.4) is 0 Å².